The maximum Gasteiger partial charge on any atom is 0.240 e. The van der Waals surface area contributed by atoms with E-state index in [9.17, 15) is 13.2 Å². The molecule has 0 aliphatic carbocycles. The van der Waals surface area contributed by atoms with Crippen molar-refractivity contribution in [1.82, 2.24) is 4.72 Å². The Kier molecular flexibility index (Phi) is 4.43. The van der Waals surface area contributed by atoms with Gasteiger partial charge in [0.15, 0.2) is 0 Å². The first-order valence-electron chi connectivity index (χ1n) is 7.86. The first-order chi connectivity index (χ1) is 11.3. The molecule has 0 radical (unpaired) electrons. The van der Waals surface area contributed by atoms with Gasteiger partial charge in [-0.3, -0.25) is 4.79 Å². The third-order valence-electron chi connectivity index (χ3n) is 4.12. The summed E-state index contributed by atoms with van der Waals surface area (Å²) in [6.07, 6.45) is 0.340. The third-order valence-corrected chi connectivity index (χ3v) is 5.54. The lowest BCUT2D eigenvalue weighted by atomic mass is 10.0. The summed E-state index contributed by atoms with van der Waals surface area (Å²) in [6.45, 7) is 4.32. The van der Waals surface area contributed by atoms with E-state index in [0.29, 0.717) is 12.3 Å². The van der Waals surface area contributed by atoms with E-state index in [1.165, 1.54) is 0 Å². The zero-order valence-electron chi connectivity index (χ0n) is 13.7. The molecule has 126 valence electrons. The number of carbonyl (C=O) groups excluding carboxylic acids is 1. The minimum Gasteiger partial charge on any atom is -0.326 e. The summed E-state index contributed by atoms with van der Waals surface area (Å²) in [5.41, 5.74) is 3.63. The van der Waals surface area contributed by atoms with E-state index in [0.717, 1.165) is 22.4 Å². The second kappa shape index (κ2) is 6.37. The summed E-state index contributed by atoms with van der Waals surface area (Å²) in [5, 5.41) is 2.76. The van der Waals surface area contributed by atoms with Gasteiger partial charge in [-0.1, -0.05) is 38.1 Å². The molecule has 0 atom stereocenters. The molecule has 0 unspecified atom stereocenters. The number of anilines is 1. The fourth-order valence-corrected chi connectivity index (χ4v) is 3.70. The molecule has 0 saturated heterocycles. The van der Waals surface area contributed by atoms with Gasteiger partial charge in [-0.25, -0.2) is 13.1 Å². The monoisotopic (exact) mass is 344 g/mol. The normalized spacial score (nSPS) is 13.9. The summed E-state index contributed by atoms with van der Waals surface area (Å²) in [4.78, 5) is 11.6. The number of benzene rings is 2. The first kappa shape index (κ1) is 16.7. The lowest BCUT2D eigenvalue weighted by Gasteiger charge is -2.10. The van der Waals surface area contributed by atoms with Gasteiger partial charge in [-0.15, -0.1) is 0 Å². The molecule has 1 aliphatic heterocycles. The van der Waals surface area contributed by atoms with E-state index in [2.05, 4.69) is 23.9 Å². The average Bonchev–Trinajstić information content (AvgIpc) is 2.92. The topological polar surface area (TPSA) is 75.3 Å². The van der Waals surface area contributed by atoms with Crippen LogP contribution in [0, 0.1) is 0 Å². The highest BCUT2D eigenvalue weighted by Gasteiger charge is 2.18. The van der Waals surface area contributed by atoms with Crippen LogP contribution in [-0.2, 0) is 27.8 Å². The minimum atomic E-state index is -3.56. The van der Waals surface area contributed by atoms with E-state index in [1.807, 2.05) is 24.3 Å². The second-order valence-electron chi connectivity index (χ2n) is 6.26. The molecule has 2 aromatic rings. The molecule has 1 heterocycles. The summed E-state index contributed by atoms with van der Waals surface area (Å²) in [7, 11) is -3.56. The van der Waals surface area contributed by atoms with E-state index >= 15 is 0 Å². The number of fused-ring (bicyclic) bond motifs is 1. The smallest absolute Gasteiger partial charge is 0.240 e. The van der Waals surface area contributed by atoms with Crippen molar-refractivity contribution in [3.8, 4) is 0 Å². The number of sulfonamides is 1. The van der Waals surface area contributed by atoms with Gasteiger partial charge in [0.1, 0.15) is 0 Å². The highest BCUT2D eigenvalue weighted by molar-refractivity contribution is 7.89. The molecule has 2 aromatic carbocycles. The Bertz CT molecular complexity index is 872. The molecule has 1 amide bonds. The van der Waals surface area contributed by atoms with Gasteiger partial charge < -0.3 is 5.32 Å². The van der Waals surface area contributed by atoms with E-state index in [-0.39, 0.29) is 17.3 Å². The largest absolute Gasteiger partial charge is 0.326 e. The SMILES string of the molecule is CC(C)c1ccc(S(=O)(=O)NCc2ccc3c(c2)CC(=O)N3)cc1. The Labute approximate surface area is 142 Å². The predicted molar refractivity (Wildman–Crippen MR) is 93.3 cm³/mol. The Hall–Kier alpha value is -2.18. The van der Waals surface area contributed by atoms with Crippen molar-refractivity contribution in [2.75, 3.05) is 5.32 Å². The maximum atomic E-state index is 12.4. The first-order valence-corrected chi connectivity index (χ1v) is 9.35. The molecule has 0 aromatic heterocycles. The number of hydrogen-bond donors (Lipinski definition) is 2. The summed E-state index contributed by atoms with van der Waals surface area (Å²) >= 11 is 0. The van der Waals surface area contributed by atoms with Crippen LogP contribution in [-0.4, -0.2) is 14.3 Å². The fourth-order valence-electron chi connectivity index (χ4n) is 2.69. The fraction of sp³-hybridized carbons (Fsp3) is 0.278. The quantitative estimate of drug-likeness (QED) is 0.876. The lowest BCUT2D eigenvalue weighted by molar-refractivity contribution is -0.115. The molecule has 3 rings (SSSR count). The van der Waals surface area contributed by atoms with Gasteiger partial charge in [0.05, 0.1) is 11.3 Å². The Balaban J connectivity index is 1.71. The van der Waals surface area contributed by atoms with Gasteiger partial charge in [-0.2, -0.15) is 0 Å². The van der Waals surface area contributed by atoms with Gasteiger partial charge in [0.25, 0.3) is 0 Å². The molecule has 0 fully saturated rings. The van der Waals surface area contributed by atoms with Crippen molar-refractivity contribution < 1.29 is 13.2 Å². The van der Waals surface area contributed by atoms with E-state index < -0.39 is 10.0 Å². The Morgan fingerprint density at radius 3 is 2.50 bits per heavy atom. The second-order valence-corrected chi connectivity index (χ2v) is 8.03. The minimum absolute atomic E-state index is 0.0343. The number of rotatable bonds is 5. The van der Waals surface area contributed by atoms with Crippen LogP contribution in [0.3, 0.4) is 0 Å². The predicted octanol–water partition coefficient (Wildman–Crippen LogP) is 2.78. The third kappa shape index (κ3) is 3.49. The summed E-state index contributed by atoms with van der Waals surface area (Å²) in [5.74, 6) is 0.324. The Morgan fingerprint density at radius 1 is 1.12 bits per heavy atom. The van der Waals surface area contributed by atoms with Crippen molar-refractivity contribution in [1.29, 1.82) is 0 Å². The Morgan fingerprint density at radius 2 is 1.83 bits per heavy atom. The highest BCUT2D eigenvalue weighted by Crippen LogP contribution is 2.24. The average molecular weight is 344 g/mol. The summed E-state index contributed by atoms with van der Waals surface area (Å²) in [6, 6.07) is 12.4. The number of amides is 1. The van der Waals surface area contributed by atoms with Crippen molar-refractivity contribution in [2.24, 2.45) is 0 Å². The van der Waals surface area contributed by atoms with Gasteiger partial charge in [-0.05, 0) is 40.8 Å². The van der Waals surface area contributed by atoms with Crippen molar-refractivity contribution in [3.05, 3.63) is 59.2 Å². The molecule has 0 spiro atoms. The lowest BCUT2D eigenvalue weighted by Crippen LogP contribution is -2.23. The van der Waals surface area contributed by atoms with E-state index in [1.54, 1.807) is 18.2 Å². The molecule has 5 nitrogen and oxygen atoms in total. The molecule has 24 heavy (non-hydrogen) atoms. The van der Waals surface area contributed by atoms with Gasteiger partial charge in [0.2, 0.25) is 15.9 Å². The van der Waals surface area contributed by atoms with Crippen molar-refractivity contribution in [3.63, 3.8) is 0 Å². The van der Waals surface area contributed by atoms with Crippen LogP contribution < -0.4 is 10.0 Å². The number of hydrogen-bond acceptors (Lipinski definition) is 3. The maximum absolute atomic E-state index is 12.4. The number of nitrogens with one attached hydrogen (secondary N) is 2. The van der Waals surface area contributed by atoms with Crippen molar-refractivity contribution in [2.45, 2.75) is 37.6 Å². The molecular weight excluding hydrogens is 324 g/mol. The molecule has 0 saturated carbocycles. The molecular formula is C18H20N2O3S. The molecule has 2 N–H and O–H groups in total. The van der Waals surface area contributed by atoms with Crippen molar-refractivity contribution >= 4 is 21.6 Å². The van der Waals surface area contributed by atoms with Crippen LogP contribution in [0.15, 0.2) is 47.4 Å². The van der Waals surface area contributed by atoms with Crippen LogP contribution in [0.1, 0.15) is 36.5 Å². The summed E-state index contributed by atoms with van der Waals surface area (Å²) < 4.78 is 27.4. The van der Waals surface area contributed by atoms with Gasteiger partial charge in [0, 0.05) is 12.2 Å². The zero-order chi connectivity index (χ0) is 17.3. The standard InChI is InChI=1S/C18H20N2O3S/c1-12(2)14-4-6-16(7-5-14)24(22,23)19-11-13-3-8-17-15(9-13)10-18(21)20-17/h3-9,12,19H,10-11H2,1-2H3,(H,20,21). The zero-order valence-corrected chi connectivity index (χ0v) is 14.5. The van der Waals surface area contributed by atoms with Gasteiger partial charge >= 0.3 is 0 Å². The number of carbonyl (C=O) groups is 1. The van der Waals surface area contributed by atoms with Crippen LogP contribution in [0.5, 0.6) is 0 Å². The van der Waals surface area contributed by atoms with Crippen LogP contribution in [0.25, 0.3) is 0 Å². The van der Waals surface area contributed by atoms with Crippen LogP contribution in [0.4, 0.5) is 5.69 Å². The highest BCUT2D eigenvalue weighted by atomic mass is 32.2. The van der Waals surface area contributed by atoms with Crippen LogP contribution in [0.2, 0.25) is 0 Å². The molecule has 1 aliphatic rings. The molecule has 0 bridgehead atoms. The van der Waals surface area contributed by atoms with E-state index in [4.69, 9.17) is 0 Å². The molecule has 6 heteroatoms. The van der Waals surface area contributed by atoms with Crippen LogP contribution >= 0.6 is 0 Å².